The van der Waals surface area contributed by atoms with Crippen LogP contribution in [-0.4, -0.2) is 28.7 Å². The number of unbranched alkanes of at least 4 members (excludes halogenated alkanes) is 1. The highest BCUT2D eigenvalue weighted by Crippen LogP contribution is 2.52. The molecule has 3 heterocycles. The van der Waals surface area contributed by atoms with Crippen LogP contribution in [0.25, 0.3) is 0 Å². The first-order valence-corrected chi connectivity index (χ1v) is 10.7. The summed E-state index contributed by atoms with van der Waals surface area (Å²) in [4.78, 5) is 8.89. The molecule has 4 rings (SSSR count). The largest absolute Gasteiger partial charge is 0.384 e. The molecule has 0 aromatic carbocycles. The molecule has 1 aromatic rings. The van der Waals surface area contributed by atoms with Gasteiger partial charge in [0.15, 0.2) is 0 Å². The summed E-state index contributed by atoms with van der Waals surface area (Å²) < 4.78 is 6.37. The van der Waals surface area contributed by atoms with Crippen LogP contribution in [0.5, 0.6) is 0 Å². The fourth-order valence-corrected chi connectivity index (χ4v) is 5.37. The van der Waals surface area contributed by atoms with Crippen molar-refractivity contribution in [2.24, 2.45) is 5.41 Å². The number of ether oxygens (including phenoxy) is 1. The molecule has 1 aromatic heterocycles. The van der Waals surface area contributed by atoms with E-state index in [1.807, 2.05) is 19.3 Å². The lowest BCUT2D eigenvalue weighted by molar-refractivity contribution is -0.116. The topological polar surface area (TPSA) is 47.0 Å². The van der Waals surface area contributed by atoms with Crippen molar-refractivity contribution in [2.75, 3.05) is 13.2 Å². The Labute approximate surface area is 163 Å². The highest BCUT2D eigenvalue weighted by molar-refractivity contribution is 5.25. The number of hydrogen-bond acceptors (Lipinski definition) is 4. The molecular weight excluding hydrogens is 334 g/mol. The molecule has 1 saturated carbocycles. The third-order valence-corrected chi connectivity index (χ3v) is 6.69. The average Bonchev–Trinajstić information content (AvgIpc) is 3.13. The molecule has 2 fully saturated rings. The quantitative estimate of drug-likeness (QED) is 0.744. The van der Waals surface area contributed by atoms with Gasteiger partial charge in [-0.3, -0.25) is 9.97 Å². The third kappa shape index (κ3) is 4.26. The molecule has 0 amide bonds. The van der Waals surface area contributed by atoms with Crippen LogP contribution in [0.1, 0.15) is 69.2 Å². The standard InChI is InChI=1S/C23H33N3O/c1-19-16-24-17-20(26-19)8-2-4-10-22(21-9-3-7-14-25-21)13-15-27-23(18-22)11-5-6-12-23/h3,7,9,16-17,25H,2,4-6,8,10-15,18H2,1H3/t22-/m1/s1. The van der Waals surface area contributed by atoms with Gasteiger partial charge in [0.1, 0.15) is 0 Å². The number of allylic oxidation sites excluding steroid dienone is 3. The maximum atomic E-state index is 6.37. The zero-order valence-corrected chi connectivity index (χ0v) is 16.7. The van der Waals surface area contributed by atoms with E-state index in [9.17, 15) is 0 Å². The highest BCUT2D eigenvalue weighted by Gasteiger charge is 2.48. The summed E-state index contributed by atoms with van der Waals surface area (Å²) in [7, 11) is 0. The second-order valence-corrected chi connectivity index (χ2v) is 8.69. The van der Waals surface area contributed by atoms with Crippen molar-refractivity contribution < 1.29 is 4.74 Å². The first kappa shape index (κ1) is 18.7. The van der Waals surface area contributed by atoms with Gasteiger partial charge in [-0.2, -0.15) is 0 Å². The van der Waals surface area contributed by atoms with Gasteiger partial charge in [0, 0.05) is 36.7 Å². The van der Waals surface area contributed by atoms with Gasteiger partial charge in [-0.25, -0.2) is 0 Å². The van der Waals surface area contributed by atoms with E-state index >= 15 is 0 Å². The molecular formula is C23H33N3O. The van der Waals surface area contributed by atoms with E-state index in [0.29, 0.717) is 0 Å². The van der Waals surface area contributed by atoms with Crippen molar-refractivity contribution in [3.8, 4) is 0 Å². The number of nitrogens with zero attached hydrogens (tertiary/aromatic N) is 2. The van der Waals surface area contributed by atoms with Gasteiger partial charge in [0.2, 0.25) is 0 Å². The fourth-order valence-electron chi connectivity index (χ4n) is 5.37. The molecule has 1 atom stereocenters. The molecule has 146 valence electrons. The molecule has 0 bridgehead atoms. The summed E-state index contributed by atoms with van der Waals surface area (Å²) in [5, 5.41) is 3.70. The number of nitrogens with one attached hydrogen (secondary N) is 1. The number of dihydropyridines is 1. The summed E-state index contributed by atoms with van der Waals surface area (Å²) in [5.41, 5.74) is 3.99. The summed E-state index contributed by atoms with van der Waals surface area (Å²) in [5.74, 6) is 0. The van der Waals surface area contributed by atoms with Crippen molar-refractivity contribution in [2.45, 2.75) is 76.7 Å². The molecule has 0 radical (unpaired) electrons. The van der Waals surface area contributed by atoms with Crippen LogP contribution in [-0.2, 0) is 11.2 Å². The second-order valence-electron chi connectivity index (χ2n) is 8.69. The van der Waals surface area contributed by atoms with Crippen molar-refractivity contribution in [3.63, 3.8) is 0 Å². The Hall–Kier alpha value is -1.68. The molecule has 3 aliphatic rings. The Kier molecular flexibility index (Phi) is 5.63. The molecule has 2 aliphatic heterocycles. The third-order valence-electron chi connectivity index (χ3n) is 6.69. The van der Waals surface area contributed by atoms with Crippen LogP contribution in [0.3, 0.4) is 0 Å². The van der Waals surface area contributed by atoms with Crippen LogP contribution in [0.15, 0.2) is 36.3 Å². The number of hydrogen-bond donors (Lipinski definition) is 1. The van der Waals surface area contributed by atoms with E-state index in [2.05, 4.69) is 33.5 Å². The van der Waals surface area contributed by atoms with Gasteiger partial charge in [0.25, 0.3) is 0 Å². The van der Waals surface area contributed by atoms with Gasteiger partial charge < -0.3 is 10.1 Å². The van der Waals surface area contributed by atoms with E-state index in [4.69, 9.17) is 4.74 Å². The SMILES string of the molecule is Cc1cncc(CCCC[C@@]2(C3=CC=CCN3)CCOC3(CCCC3)C2)n1. The van der Waals surface area contributed by atoms with Gasteiger partial charge in [-0.1, -0.05) is 31.4 Å². The molecule has 1 spiro atoms. The first-order chi connectivity index (χ1) is 13.2. The zero-order chi connectivity index (χ0) is 18.6. The maximum absolute atomic E-state index is 6.37. The normalized spacial score (nSPS) is 26.8. The van der Waals surface area contributed by atoms with Gasteiger partial charge in [0.05, 0.1) is 17.0 Å². The summed E-state index contributed by atoms with van der Waals surface area (Å²) in [6.45, 7) is 3.88. The lowest BCUT2D eigenvalue weighted by Crippen LogP contribution is -2.47. The van der Waals surface area contributed by atoms with Gasteiger partial charge in [-0.15, -0.1) is 0 Å². The Balaban J connectivity index is 1.44. The predicted molar refractivity (Wildman–Crippen MR) is 108 cm³/mol. The van der Waals surface area contributed by atoms with E-state index < -0.39 is 0 Å². The van der Waals surface area contributed by atoms with Crippen LogP contribution >= 0.6 is 0 Å². The monoisotopic (exact) mass is 367 g/mol. The van der Waals surface area contributed by atoms with Crippen LogP contribution in [0, 0.1) is 12.3 Å². The summed E-state index contributed by atoms with van der Waals surface area (Å²) >= 11 is 0. The maximum Gasteiger partial charge on any atom is 0.0691 e. The number of rotatable bonds is 6. The highest BCUT2D eigenvalue weighted by atomic mass is 16.5. The minimum absolute atomic E-state index is 0.143. The van der Waals surface area contributed by atoms with Crippen LogP contribution in [0.2, 0.25) is 0 Å². The van der Waals surface area contributed by atoms with E-state index in [-0.39, 0.29) is 11.0 Å². The van der Waals surface area contributed by atoms with Crippen molar-refractivity contribution in [3.05, 3.63) is 47.7 Å². The molecule has 4 nitrogen and oxygen atoms in total. The second kappa shape index (κ2) is 8.14. The predicted octanol–water partition coefficient (Wildman–Crippen LogP) is 4.65. The minimum atomic E-state index is 0.143. The van der Waals surface area contributed by atoms with E-state index in [1.165, 1.54) is 57.1 Å². The van der Waals surface area contributed by atoms with Gasteiger partial charge >= 0.3 is 0 Å². The Bertz CT molecular complexity index is 705. The Morgan fingerprint density at radius 2 is 2.04 bits per heavy atom. The Morgan fingerprint density at radius 1 is 1.15 bits per heavy atom. The van der Waals surface area contributed by atoms with Crippen molar-refractivity contribution in [1.82, 2.24) is 15.3 Å². The molecule has 4 heteroatoms. The van der Waals surface area contributed by atoms with Crippen LogP contribution < -0.4 is 5.32 Å². The lowest BCUT2D eigenvalue weighted by atomic mass is 9.67. The average molecular weight is 368 g/mol. The zero-order valence-electron chi connectivity index (χ0n) is 16.7. The summed E-state index contributed by atoms with van der Waals surface area (Å²) in [6.07, 6.45) is 22.7. The Morgan fingerprint density at radius 3 is 2.81 bits per heavy atom. The molecule has 1 aliphatic carbocycles. The van der Waals surface area contributed by atoms with Gasteiger partial charge in [-0.05, 0) is 57.9 Å². The summed E-state index contributed by atoms with van der Waals surface area (Å²) in [6, 6.07) is 0. The first-order valence-electron chi connectivity index (χ1n) is 10.7. The minimum Gasteiger partial charge on any atom is -0.384 e. The molecule has 0 unspecified atom stereocenters. The van der Waals surface area contributed by atoms with E-state index in [0.717, 1.165) is 37.4 Å². The molecule has 1 saturated heterocycles. The molecule has 27 heavy (non-hydrogen) atoms. The lowest BCUT2D eigenvalue weighted by Gasteiger charge is -2.48. The number of aryl methyl sites for hydroxylation is 2. The van der Waals surface area contributed by atoms with Crippen LogP contribution in [0.4, 0.5) is 0 Å². The van der Waals surface area contributed by atoms with Crippen molar-refractivity contribution in [1.29, 1.82) is 0 Å². The van der Waals surface area contributed by atoms with Crippen molar-refractivity contribution >= 4 is 0 Å². The van der Waals surface area contributed by atoms with E-state index in [1.54, 1.807) is 0 Å². The smallest absolute Gasteiger partial charge is 0.0691 e. The number of aromatic nitrogens is 2. The molecule has 1 N–H and O–H groups in total. The fraction of sp³-hybridized carbons (Fsp3) is 0.652.